The Kier molecular flexibility index (Phi) is 1.98. The van der Waals surface area contributed by atoms with Gasteiger partial charge in [0, 0.05) is 17.5 Å². The summed E-state index contributed by atoms with van der Waals surface area (Å²) in [4.78, 5) is 13.3. The van der Waals surface area contributed by atoms with E-state index in [1.54, 1.807) is 6.20 Å². The third kappa shape index (κ3) is 1.35. The summed E-state index contributed by atoms with van der Waals surface area (Å²) in [6.07, 6.45) is 4.26. The summed E-state index contributed by atoms with van der Waals surface area (Å²) in [5.41, 5.74) is 0. The molecular formula is C9H12N4OS. The number of amides is 1. The van der Waals surface area contributed by atoms with Gasteiger partial charge in [0.1, 0.15) is 0 Å². The number of carbonyl (C=O) groups is 1. The van der Waals surface area contributed by atoms with Crippen LogP contribution >= 0.6 is 11.8 Å². The Hall–Kier alpha value is -1.04. The van der Waals surface area contributed by atoms with Crippen LogP contribution in [0.15, 0.2) is 12.4 Å². The van der Waals surface area contributed by atoms with Gasteiger partial charge in [-0.15, -0.1) is 16.9 Å². The molecule has 3 unspecified atom stereocenters. The van der Waals surface area contributed by atoms with Crippen molar-refractivity contribution >= 4 is 17.7 Å². The fourth-order valence-corrected chi connectivity index (χ4v) is 3.89. The van der Waals surface area contributed by atoms with Gasteiger partial charge in [0.05, 0.1) is 24.5 Å². The number of nitrogens with zero attached hydrogens (tertiary/aromatic N) is 4. The summed E-state index contributed by atoms with van der Waals surface area (Å²) in [5.74, 6) is 0.293. The molecule has 0 radical (unpaired) electrons. The molecule has 1 amide bonds. The molecule has 1 aromatic rings. The number of fused-ring (bicyclic) bond motifs is 1. The largest absolute Gasteiger partial charge is 0.326 e. The molecule has 3 rings (SSSR count). The predicted molar refractivity (Wildman–Crippen MR) is 56.1 cm³/mol. The smallest absolute Gasteiger partial charge is 0.226 e. The Morgan fingerprint density at radius 2 is 2.53 bits per heavy atom. The summed E-state index contributed by atoms with van der Waals surface area (Å²) in [6.45, 7) is 2.96. The molecule has 0 saturated carbocycles. The van der Waals surface area contributed by atoms with Crippen LogP contribution in [-0.2, 0) is 11.3 Å². The van der Waals surface area contributed by atoms with Gasteiger partial charge in [0.15, 0.2) is 0 Å². The third-order valence-electron chi connectivity index (χ3n) is 3.10. The number of β-lactam (4-membered cyclic amide) rings is 1. The predicted octanol–water partition coefficient (Wildman–Crippen LogP) is 0.340. The highest BCUT2D eigenvalue weighted by molar-refractivity contribution is 8.00. The zero-order valence-electron chi connectivity index (χ0n) is 8.41. The number of hydrogen-bond donors (Lipinski definition) is 0. The molecule has 0 spiro atoms. The van der Waals surface area contributed by atoms with Gasteiger partial charge in [-0.2, -0.15) is 0 Å². The topological polar surface area (TPSA) is 51.0 Å². The normalized spacial score (nSPS) is 34.1. The molecule has 0 bridgehead atoms. The molecule has 1 aromatic heterocycles. The number of aromatic nitrogens is 3. The summed E-state index contributed by atoms with van der Waals surface area (Å²) >= 11 is 1.89. The van der Waals surface area contributed by atoms with E-state index in [-0.39, 0.29) is 0 Å². The van der Waals surface area contributed by atoms with E-state index >= 15 is 0 Å². The summed E-state index contributed by atoms with van der Waals surface area (Å²) < 4.78 is 1.84. The molecule has 2 fully saturated rings. The molecule has 6 heteroatoms. The van der Waals surface area contributed by atoms with E-state index in [4.69, 9.17) is 0 Å². The van der Waals surface area contributed by atoms with E-state index in [2.05, 4.69) is 17.2 Å². The quantitative estimate of drug-likeness (QED) is 0.680. The van der Waals surface area contributed by atoms with Crippen molar-refractivity contribution in [3.05, 3.63) is 12.4 Å². The summed E-state index contributed by atoms with van der Waals surface area (Å²) in [5, 5.41) is 8.60. The van der Waals surface area contributed by atoms with Crippen molar-refractivity contribution in [2.45, 2.75) is 36.6 Å². The molecule has 2 saturated heterocycles. The van der Waals surface area contributed by atoms with Crippen molar-refractivity contribution in [1.82, 2.24) is 19.9 Å². The van der Waals surface area contributed by atoms with E-state index in [0.717, 1.165) is 6.54 Å². The number of carbonyl (C=O) groups excluding carboxylic acids is 1. The van der Waals surface area contributed by atoms with Crippen LogP contribution < -0.4 is 0 Å². The van der Waals surface area contributed by atoms with Crippen molar-refractivity contribution in [3.63, 3.8) is 0 Å². The van der Waals surface area contributed by atoms with Gasteiger partial charge in [-0.3, -0.25) is 9.48 Å². The van der Waals surface area contributed by atoms with Gasteiger partial charge < -0.3 is 4.90 Å². The SMILES string of the molecule is CC1C(Cn2ccnn2)SC2CC(=O)N21. The van der Waals surface area contributed by atoms with Crippen LogP contribution in [0.1, 0.15) is 13.3 Å². The molecule has 15 heavy (non-hydrogen) atoms. The zero-order chi connectivity index (χ0) is 10.4. The van der Waals surface area contributed by atoms with Gasteiger partial charge >= 0.3 is 0 Å². The Bertz CT molecular complexity index is 379. The minimum atomic E-state index is 0.293. The van der Waals surface area contributed by atoms with Crippen LogP contribution in [0, 0.1) is 0 Å². The summed E-state index contributed by atoms with van der Waals surface area (Å²) in [7, 11) is 0. The molecule has 2 aliphatic heterocycles. The van der Waals surface area contributed by atoms with Crippen LogP contribution in [0.25, 0.3) is 0 Å². The highest BCUT2D eigenvalue weighted by Crippen LogP contribution is 2.44. The van der Waals surface area contributed by atoms with E-state index < -0.39 is 0 Å². The first kappa shape index (κ1) is 9.21. The van der Waals surface area contributed by atoms with Crippen molar-refractivity contribution in [1.29, 1.82) is 0 Å². The lowest BCUT2D eigenvalue weighted by Gasteiger charge is -2.36. The van der Waals surface area contributed by atoms with Crippen LogP contribution in [0.3, 0.4) is 0 Å². The summed E-state index contributed by atoms with van der Waals surface area (Å²) in [6, 6.07) is 0.324. The maximum atomic E-state index is 11.3. The number of thioether (sulfide) groups is 1. The number of rotatable bonds is 2. The molecule has 3 heterocycles. The van der Waals surface area contributed by atoms with Crippen LogP contribution in [-0.4, -0.2) is 42.5 Å². The van der Waals surface area contributed by atoms with Crippen LogP contribution in [0.4, 0.5) is 0 Å². The zero-order valence-corrected chi connectivity index (χ0v) is 9.22. The second-order valence-electron chi connectivity index (χ2n) is 4.00. The maximum Gasteiger partial charge on any atom is 0.226 e. The van der Waals surface area contributed by atoms with Crippen LogP contribution in [0.5, 0.6) is 0 Å². The van der Waals surface area contributed by atoms with Gasteiger partial charge in [-0.25, -0.2) is 0 Å². The number of hydrogen-bond acceptors (Lipinski definition) is 4. The molecule has 80 valence electrons. The van der Waals surface area contributed by atoms with E-state index in [0.29, 0.717) is 29.0 Å². The lowest BCUT2D eigenvalue weighted by molar-refractivity contribution is -0.143. The third-order valence-corrected chi connectivity index (χ3v) is 4.70. The molecule has 0 N–H and O–H groups in total. The first-order valence-corrected chi connectivity index (χ1v) is 6.01. The highest BCUT2D eigenvalue weighted by atomic mass is 32.2. The van der Waals surface area contributed by atoms with Crippen molar-refractivity contribution in [2.75, 3.05) is 0 Å². The molecule has 5 nitrogen and oxygen atoms in total. The van der Waals surface area contributed by atoms with E-state index in [1.165, 1.54) is 0 Å². The average molecular weight is 224 g/mol. The molecule has 0 aromatic carbocycles. The second kappa shape index (κ2) is 3.23. The monoisotopic (exact) mass is 224 g/mol. The Morgan fingerprint density at radius 3 is 3.13 bits per heavy atom. The first-order valence-electron chi connectivity index (χ1n) is 5.06. The molecule has 0 aliphatic carbocycles. The van der Waals surface area contributed by atoms with Crippen molar-refractivity contribution in [2.24, 2.45) is 0 Å². The minimum absolute atomic E-state index is 0.293. The Labute approximate surface area is 91.8 Å². The van der Waals surface area contributed by atoms with Gasteiger partial charge in [-0.1, -0.05) is 5.21 Å². The first-order chi connectivity index (χ1) is 7.25. The van der Waals surface area contributed by atoms with Gasteiger partial charge in [0.2, 0.25) is 5.91 Å². The molecule has 3 atom stereocenters. The van der Waals surface area contributed by atoms with E-state index in [1.807, 2.05) is 27.5 Å². The maximum absolute atomic E-state index is 11.3. The lowest BCUT2D eigenvalue weighted by Crippen LogP contribution is -2.51. The second-order valence-corrected chi connectivity index (χ2v) is 5.42. The highest BCUT2D eigenvalue weighted by Gasteiger charge is 2.49. The Balaban J connectivity index is 1.71. The fraction of sp³-hybridized carbons (Fsp3) is 0.667. The molecule has 2 aliphatic rings. The molecular weight excluding hydrogens is 212 g/mol. The van der Waals surface area contributed by atoms with Gasteiger partial charge in [-0.05, 0) is 6.92 Å². The van der Waals surface area contributed by atoms with Crippen molar-refractivity contribution < 1.29 is 4.79 Å². The van der Waals surface area contributed by atoms with Crippen LogP contribution in [0.2, 0.25) is 0 Å². The average Bonchev–Trinajstić information content (AvgIpc) is 2.74. The minimum Gasteiger partial charge on any atom is -0.326 e. The fourth-order valence-electron chi connectivity index (χ4n) is 2.21. The van der Waals surface area contributed by atoms with Crippen molar-refractivity contribution in [3.8, 4) is 0 Å². The standard InChI is InChI=1S/C9H12N4OS/c1-6-7(5-12-3-2-10-11-12)15-9-4-8(14)13(6)9/h2-3,6-7,9H,4-5H2,1H3. The van der Waals surface area contributed by atoms with Gasteiger partial charge in [0.25, 0.3) is 0 Å². The lowest BCUT2D eigenvalue weighted by atomic mass is 10.1. The Morgan fingerprint density at radius 1 is 1.67 bits per heavy atom. The van der Waals surface area contributed by atoms with E-state index in [9.17, 15) is 4.79 Å².